The molecule has 2 heterocycles. The number of likely N-dealkylation sites (tertiary alicyclic amines) is 1. The molecule has 3 rings (SSSR count). The van der Waals surface area contributed by atoms with Crippen molar-refractivity contribution in [3.05, 3.63) is 17.5 Å². The van der Waals surface area contributed by atoms with Crippen LogP contribution in [0, 0.1) is 12.8 Å². The zero-order chi connectivity index (χ0) is 16.2. The predicted molar refractivity (Wildman–Crippen MR) is 90.1 cm³/mol. The van der Waals surface area contributed by atoms with Crippen LogP contribution in [0.2, 0.25) is 0 Å². The summed E-state index contributed by atoms with van der Waals surface area (Å²) in [5.41, 5.74) is 2.00. The normalized spacial score (nSPS) is 22.6. The second kappa shape index (κ2) is 7.34. The summed E-state index contributed by atoms with van der Waals surface area (Å²) >= 11 is 0. The van der Waals surface area contributed by atoms with E-state index < -0.39 is 0 Å². The summed E-state index contributed by atoms with van der Waals surface area (Å²) < 4.78 is 1.81. The first-order valence-electron chi connectivity index (χ1n) is 8.86. The molecule has 0 bridgehead atoms. The van der Waals surface area contributed by atoms with Gasteiger partial charge in [-0.1, -0.05) is 12.8 Å². The third-order valence-electron chi connectivity index (χ3n) is 5.13. The standard InChI is InChI=1S/C17H29N5O/c1-13-9-16(21(2)20-13)10-18-17(23)19-15-7-8-22(12-15)11-14-5-3-4-6-14/h9,14-15H,3-8,10-12H2,1-2H3,(H2,18,19,23)/t15-/m1/s1. The number of aryl methyl sites for hydroxylation is 2. The van der Waals surface area contributed by atoms with Crippen LogP contribution >= 0.6 is 0 Å². The highest BCUT2D eigenvalue weighted by Gasteiger charge is 2.26. The Bertz CT molecular complexity index is 535. The van der Waals surface area contributed by atoms with Gasteiger partial charge in [-0.05, 0) is 38.2 Å². The Morgan fingerprint density at radius 3 is 2.83 bits per heavy atom. The van der Waals surface area contributed by atoms with Gasteiger partial charge in [0.1, 0.15) is 0 Å². The molecule has 1 aromatic rings. The largest absolute Gasteiger partial charge is 0.334 e. The number of carbonyl (C=O) groups excluding carboxylic acids is 1. The summed E-state index contributed by atoms with van der Waals surface area (Å²) in [5, 5.41) is 10.3. The molecular weight excluding hydrogens is 290 g/mol. The second-order valence-corrected chi connectivity index (χ2v) is 7.12. The molecule has 1 aliphatic heterocycles. The predicted octanol–water partition coefficient (Wildman–Crippen LogP) is 1.79. The van der Waals surface area contributed by atoms with Crippen molar-refractivity contribution in [2.45, 2.75) is 51.6 Å². The Morgan fingerprint density at radius 1 is 1.35 bits per heavy atom. The molecule has 2 amide bonds. The molecule has 0 unspecified atom stereocenters. The fraction of sp³-hybridized carbons (Fsp3) is 0.765. The van der Waals surface area contributed by atoms with E-state index in [0.29, 0.717) is 6.54 Å². The summed E-state index contributed by atoms with van der Waals surface area (Å²) in [7, 11) is 1.90. The summed E-state index contributed by atoms with van der Waals surface area (Å²) in [6, 6.07) is 2.21. The number of urea groups is 1. The minimum atomic E-state index is -0.0726. The van der Waals surface area contributed by atoms with Crippen LogP contribution in [0.3, 0.4) is 0 Å². The van der Waals surface area contributed by atoms with Crippen LogP contribution < -0.4 is 10.6 Å². The fourth-order valence-corrected chi connectivity index (χ4v) is 3.91. The molecule has 1 aliphatic carbocycles. The molecule has 0 spiro atoms. The summed E-state index contributed by atoms with van der Waals surface area (Å²) in [5.74, 6) is 0.885. The average Bonchev–Trinajstić information content (AvgIpc) is 3.21. The van der Waals surface area contributed by atoms with Gasteiger partial charge in [-0.25, -0.2) is 4.79 Å². The van der Waals surface area contributed by atoms with Crippen LogP contribution in [0.25, 0.3) is 0 Å². The van der Waals surface area contributed by atoms with E-state index in [1.165, 1.54) is 32.2 Å². The van der Waals surface area contributed by atoms with Crippen LogP contribution in [-0.2, 0) is 13.6 Å². The van der Waals surface area contributed by atoms with E-state index in [1.807, 2.05) is 24.7 Å². The molecule has 1 saturated heterocycles. The average molecular weight is 319 g/mol. The van der Waals surface area contributed by atoms with E-state index >= 15 is 0 Å². The number of amides is 2. The smallest absolute Gasteiger partial charge is 0.315 e. The molecule has 0 radical (unpaired) electrons. The van der Waals surface area contributed by atoms with Crippen molar-refractivity contribution in [2.75, 3.05) is 19.6 Å². The van der Waals surface area contributed by atoms with Gasteiger partial charge in [0.15, 0.2) is 0 Å². The number of aromatic nitrogens is 2. The Kier molecular flexibility index (Phi) is 5.20. The van der Waals surface area contributed by atoms with Crippen LogP contribution in [0.5, 0.6) is 0 Å². The number of rotatable bonds is 5. The second-order valence-electron chi connectivity index (χ2n) is 7.12. The first-order valence-corrected chi connectivity index (χ1v) is 8.86. The van der Waals surface area contributed by atoms with Gasteiger partial charge in [0.25, 0.3) is 0 Å². The number of hydrogen-bond acceptors (Lipinski definition) is 3. The lowest BCUT2D eigenvalue weighted by atomic mass is 10.1. The third kappa shape index (κ3) is 4.47. The maximum atomic E-state index is 12.1. The molecule has 6 heteroatoms. The zero-order valence-electron chi connectivity index (χ0n) is 14.3. The lowest BCUT2D eigenvalue weighted by molar-refractivity contribution is 0.234. The minimum Gasteiger partial charge on any atom is -0.334 e. The topological polar surface area (TPSA) is 62.2 Å². The van der Waals surface area contributed by atoms with Crippen LogP contribution in [-0.4, -0.2) is 46.4 Å². The van der Waals surface area contributed by atoms with E-state index in [9.17, 15) is 4.79 Å². The highest BCUT2D eigenvalue weighted by molar-refractivity contribution is 5.74. The highest BCUT2D eigenvalue weighted by atomic mass is 16.2. The van der Waals surface area contributed by atoms with Gasteiger partial charge in [-0.3, -0.25) is 4.68 Å². The third-order valence-corrected chi connectivity index (χ3v) is 5.13. The van der Waals surface area contributed by atoms with Crippen LogP contribution in [0.4, 0.5) is 4.79 Å². The van der Waals surface area contributed by atoms with Crippen molar-refractivity contribution in [3.8, 4) is 0 Å². The van der Waals surface area contributed by atoms with Crippen LogP contribution in [0.1, 0.15) is 43.5 Å². The van der Waals surface area contributed by atoms with Gasteiger partial charge in [-0.15, -0.1) is 0 Å². The SMILES string of the molecule is Cc1cc(CNC(=O)N[C@@H]2CCN(CC3CCCC3)C2)n(C)n1. The van der Waals surface area contributed by atoms with Crippen molar-refractivity contribution in [1.29, 1.82) is 0 Å². The van der Waals surface area contributed by atoms with Gasteiger partial charge in [0, 0.05) is 32.7 Å². The van der Waals surface area contributed by atoms with Crippen molar-refractivity contribution in [2.24, 2.45) is 13.0 Å². The fourth-order valence-electron chi connectivity index (χ4n) is 3.91. The minimum absolute atomic E-state index is 0.0726. The number of nitrogens with zero attached hydrogens (tertiary/aromatic N) is 3. The Morgan fingerprint density at radius 2 is 2.13 bits per heavy atom. The molecule has 128 valence electrons. The maximum absolute atomic E-state index is 12.1. The molecule has 23 heavy (non-hydrogen) atoms. The highest BCUT2D eigenvalue weighted by Crippen LogP contribution is 2.26. The van der Waals surface area contributed by atoms with Gasteiger partial charge < -0.3 is 15.5 Å². The van der Waals surface area contributed by atoms with Gasteiger partial charge in [-0.2, -0.15) is 5.10 Å². The molecule has 2 fully saturated rings. The molecular formula is C17H29N5O. The van der Waals surface area contributed by atoms with Gasteiger partial charge >= 0.3 is 6.03 Å². The number of hydrogen-bond donors (Lipinski definition) is 2. The lowest BCUT2D eigenvalue weighted by Gasteiger charge is -2.20. The Labute approximate surface area is 138 Å². The van der Waals surface area contributed by atoms with Crippen molar-refractivity contribution >= 4 is 6.03 Å². The maximum Gasteiger partial charge on any atom is 0.315 e. The van der Waals surface area contributed by atoms with Crippen molar-refractivity contribution < 1.29 is 4.79 Å². The molecule has 2 N–H and O–H groups in total. The molecule has 1 saturated carbocycles. The van der Waals surface area contributed by atoms with Crippen molar-refractivity contribution in [3.63, 3.8) is 0 Å². The number of nitrogens with one attached hydrogen (secondary N) is 2. The van der Waals surface area contributed by atoms with Crippen LogP contribution in [0.15, 0.2) is 6.07 Å². The van der Waals surface area contributed by atoms with E-state index in [1.54, 1.807) is 0 Å². The van der Waals surface area contributed by atoms with Gasteiger partial charge in [0.05, 0.1) is 17.9 Å². The first kappa shape index (κ1) is 16.3. The van der Waals surface area contributed by atoms with E-state index in [2.05, 4.69) is 20.6 Å². The summed E-state index contributed by atoms with van der Waals surface area (Å²) in [4.78, 5) is 14.6. The summed E-state index contributed by atoms with van der Waals surface area (Å²) in [6.07, 6.45) is 6.63. The molecule has 6 nitrogen and oxygen atoms in total. The first-order chi connectivity index (χ1) is 11.1. The van der Waals surface area contributed by atoms with Gasteiger partial charge in [0.2, 0.25) is 0 Å². The molecule has 2 aliphatic rings. The van der Waals surface area contributed by atoms with E-state index in [4.69, 9.17) is 0 Å². The van der Waals surface area contributed by atoms with Crippen molar-refractivity contribution in [1.82, 2.24) is 25.3 Å². The summed E-state index contributed by atoms with van der Waals surface area (Å²) in [6.45, 7) is 5.80. The van der Waals surface area contributed by atoms with E-state index in [0.717, 1.165) is 36.8 Å². The Hall–Kier alpha value is -1.56. The molecule has 0 aromatic carbocycles. The lowest BCUT2D eigenvalue weighted by Crippen LogP contribution is -2.43. The monoisotopic (exact) mass is 319 g/mol. The zero-order valence-corrected chi connectivity index (χ0v) is 14.3. The number of carbonyl (C=O) groups is 1. The quantitative estimate of drug-likeness (QED) is 0.870. The molecule has 1 aromatic heterocycles. The Balaban J connectivity index is 1.37. The molecule has 1 atom stereocenters. The van der Waals surface area contributed by atoms with E-state index in [-0.39, 0.29) is 12.1 Å².